The third-order valence-electron chi connectivity index (χ3n) is 3.50. The maximum atomic E-state index is 13.4. The average Bonchev–Trinajstić information content (AvgIpc) is 2.52. The van der Waals surface area contributed by atoms with Gasteiger partial charge in [-0.3, -0.25) is 0 Å². The zero-order valence-corrected chi connectivity index (χ0v) is 22.2. The van der Waals surface area contributed by atoms with E-state index >= 15 is 0 Å². The summed E-state index contributed by atoms with van der Waals surface area (Å²) in [6.07, 6.45) is -10.1. The smallest absolute Gasteiger partial charge is 0.457 e. The van der Waals surface area contributed by atoms with Crippen molar-refractivity contribution < 1.29 is 53.6 Å². The molecule has 0 fully saturated rings. The number of hydrogen-bond acceptors (Lipinski definition) is 6. The Balaban J connectivity index is 5.52. The number of hydrogen-bond donors (Lipinski definition) is 0. The standard InChI is InChI=1S/C17H30F6O6Si3/c1-9-14(32(8,28-30(2,3)4)29-31(5,6)7)26-12(24)10-11-13(25)27-16(20,15(18)19)17(21,22)23/h10-11,14-15H,9H2,1-8H3/b11-10+. The highest BCUT2D eigenvalue weighted by molar-refractivity contribution is 6.88. The number of alkyl halides is 6. The normalized spacial score (nSPS) is 16.7. The van der Waals surface area contributed by atoms with Crippen LogP contribution in [-0.4, -0.2) is 61.3 Å². The molecule has 0 heterocycles. The number of ether oxygens (including phenoxy) is 2. The Hall–Kier alpha value is -1.17. The molecule has 32 heavy (non-hydrogen) atoms. The van der Waals surface area contributed by atoms with Gasteiger partial charge >= 0.3 is 39.0 Å². The van der Waals surface area contributed by atoms with Crippen molar-refractivity contribution in [3.8, 4) is 0 Å². The summed E-state index contributed by atoms with van der Waals surface area (Å²) in [6, 6.07) is 0. The summed E-state index contributed by atoms with van der Waals surface area (Å²) in [5.74, 6) is -8.82. The van der Waals surface area contributed by atoms with Gasteiger partial charge in [-0.05, 0) is 52.2 Å². The van der Waals surface area contributed by atoms with E-state index in [2.05, 4.69) is 4.74 Å². The van der Waals surface area contributed by atoms with E-state index in [1.807, 2.05) is 39.3 Å². The van der Waals surface area contributed by atoms with Gasteiger partial charge < -0.3 is 17.7 Å². The molecule has 0 radical (unpaired) electrons. The molecule has 0 spiro atoms. The zero-order valence-electron chi connectivity index (χ0n) is 19.2. The predicted molar refractivity (Wildman–Crippen MR) is 112 cm³/mol. The number of halogens is 6. The molecule has 2 atom stereocenters. The largest absolute Gasteiger partial charge is 0.466 e. The Morgan fingerprint density at radius 1 is 0.844 bits per heavy atom. The van der Waals surface area contributed by atoms with Gasteiger partial charge in [0.2, 0.25) is 0 Å². The lowest BCUT2D eigenvalue weighted by Crippen LogP contribution is -2.60. The van der Waals surface area contributed by atoms with Gasteiger partial charge in [-0.2, -0.15) is 17.6 Å². The van der Waals surface area contributed by atoms with Crippen LogP contribution in [0.15, 0.2) is 12.2 Å². The highest BCUT2D eigenvalue weighted by Gasteiger charge is 2.66. The molecule has 188 valence electrons. The van der Waals surface area contributed by atoms with Crippen LogP contribution >= 0.6 is 0 Å². The van der Waals surface area contributed by atoms with Crippen LogP contribution in [0.25, 0.3) is 0 Å². The van der Waals surface area contributed by atoms with Crippen molar-refractivity contribution in [2.75, 3.05) is 0 Å². The van der Waals surface area contributed by atoms with Crippen molar-refractivity contribution in [2.24, 2.45) is 0 Å². The van der Waals surface area contributed by atoms with Gasteiger partial charge in [0.05, 0.1) is 0 Å². The van der Waals surface area contributed by atoms with Gasteiger partial charge in [-0.15, -0.1) is 0 Å². The number of esters is 2. The monoisotopic (exact) mass is 528 g/mol. The molecule has 0 aromatic rings. The highest BCUT2D eigenvalue weighted by Crippen LogP contribution is 2.40. The van der Waals surface area contributed by atoms with Crippen molar-refractivity contribution in [1.82, 2.24) is 0 Å². The Labute approximate surface area is 186 Å². The van der Waals surface area contributed by atoms with Gasteiger partial charge in [0.1, 0.15) is 5.73 Å². The topological polar surface area (TPSA) is 71.1 Å². The van der Waals surface area contributed by atoms with Crippen LogP contribution in [-0.2, 0) is 27.3 Å². The van der Waals surface area contributed by atoms with E-state index in [0.29, 0.717) is 6.08 Å². The van der Waals surface area contributed by atoms with Crippen molar-refractivity contribution in [3.63, 3.8) is 0 Å². The summed E-state index contributed by atoms with van der Waals surface area (Å²) < 4.78 is 96.8. The van der Waals surface area contributed by atoms with E-state index in [-0.39, 0.29) is 12.5 Å². The van der Waals surface area contributed by atoms with Gasteiger partial charge in [-0.1, -0.05) is 6.92 Å². The molecular formula is C17H30F6O6Si3. The minimum atomic E-state index is -6.17. The molecule has 0 aliphatic heterocycles. The van der Waals surface area contributed by atoms with Crippen LogP contribution in [0.2, 0.25) is 45.8 Å². The first kappa shape index (κ1) is 30.8. The van der Waals surface area contributed by atoms with E-state index in [9.17, 15) is 35.9 Å². The van der Waals surface area contributed by atoms with Gasteiger partial charge in [0.15, 0.2) is 16.6 Å². The van der Waals surface area contributed by atoms with Gasteiger partial charge in [0, 0.05) is 12.2 Å². The minimum absolute atomic E-state index is 0.0785. The fourth-order valence-electron chi connectivity index (χ4n) is 2.65. The fourth-order valence-corrected chi connectivity index (χ4v) is 15.0. The van der Waals surface area contributed by atoms with Crippen molar-refractivity contribution in [3.05, 3.63) is 12.2 Å². The molecule has 2 unspecified atom stereocenters. The van der Waals surface area contributed by atoms with Crippen molar-refractivity contribution in [2.45, 2.75) is 83.4 Å². The van der Waals surface area contributed by atoms with Gasteiger partial charge in [0.25, 0.3) is 0 Å². The Morgan fingerprint density at radius 3 is 1.56 bits per heavy atom. The molecule has 0 N–H and O–H groups in total. The third-order valence-corrected chi connectivity index (χ3v) is 13.3. The summed E-state index contributed by atoms with van der Waals surface area (Å²) in [7, 11) is -7.44. The van der Waals surface area contributed by atoms with E-state index in [1.54, 1.807) is 13.5 Å². The molecule has 0 saturated carbocycles. The first-order chi connectivity index (χ1) is 14.1. The number of carbonyl (C=O) groups is 2. The SMILES string of the molecule is CCC(OC(=O)/C=C/C(=O)OC(F)(C(F)F)C(F)(F)F)[Si](C)(O[Si](C)(C)C)O[Si](C)(C)C. The van der Waals surface area contributed by atoms with Crippen LogP contribution < -0.4 is 0 Å². The molecule has 0 aliphatic carbocycles. The second-order valence-electron chi connectivity index (χ2n) is 8.98. The third kappa shape index (κ3) is 9.76. The van der Waals surface area contributed by atoms with E-state index in [0.717, 1.165) is 0 Å². The highest BCUT2D eigenvalue weighted by atomic mass is 28.5. The number of carbonyl (C=O) groups excluding carboxylic acids is 2. The second-order valence-corrected chi connectivity index (χ2v) is 21.7. The Kier molecular flexibility index (Phi) is 10.4. The maximum Gasteiger partial charge on any atom is 0.466 e. The summed E-state index contributed by atoms with van der Waals surface area (Å²) >= 11 is 0. The van der Waals surface area contributed by atoms with E-state index in [4.69, 9.17) is 13.0 Å². The summed E-state index contributed by atoms with van der Waals surface area (Å²) in [5, 5.41) is 0. The van der Waals surface area contributed by atoms with Crippen LogP contribution in [0.1, 0.15) is 13.3 Å². The lowest BCUT2D eigenvalue weighted by molar-refractivity contribution is -0.354. The van der Waals surface area contributed by atoms with Crippen LogP contribution in [0.4, 0.5) is 26.3 Å². The lowest BCUT2D eigenvalue weighted by Gasteiger charge is -2.42. The van der Waals surface area contributed by atoms with Crippen molar-refractivity contribution >= 4 is 37.1 Å². The van der Waals surface area contributed by atoms with E-state index in [1.165, 1.54) is 0 Å². The molecule has 0 aromatic carbocycles. The molecule has 0 bridgehead atoms. The molecule has 6 nitrogen and oxygen atoms in total. The Bertz CT molecular complexity index is 674. The predicted octanol–water partition coefficient (Wildman–Crippen LogP) is 5.22. The average molecular weight is 529 g/mol. The molecule has 0 saturated heterocycles. The minimum Gasteiger partial charge on any atom is -0.457 e. The molecule has 0 aliphatic rings. The summed E-state index contributed by atoms with van der Waals surface area (Å²) in [6.45, 7) is 14.9. The quantitative estimate of drug-likeness (QED) is 0.159. The molecule has 0 amide bonds. The number of rotatable bonds is 11. The summed E-state index contributed by atoms with van der Waals surface area (Å²) in [4.78, 5) is 23.6. The van der Waals surface area contributed by atoms with Gasteiger partial charge in [-0.25, -0.2) is 18.4 Å². The zero-order chi connectivity index (χ0) is 25.8. The first-order valence-electron chi connectivity index (χ1n) is 9.62. The first-order valence-corrected chi connectivity index (χ1v) is 18.8. The fraction of sp³-hybridized carbons (Fsp3) is 0.765. The Morgan fingerprint density at radius 2 is 1.25 bits per heavy atom. The second kappa shape index (κ2) is 10.8. The van der Waals surface area contributed by atoms with Crippen LogP contribution in [0.5, 0.6) is 0 Å². The molecule has 0 aromatic heterocycles. The van der Waals surface area contributed by atoms with Crippen LogP contribution in [0.3, 0.4) is 0 Å². The lowest BCUT2D eigenvalue weighted by atomic mass is 10.3. The molecule has 15 heteroatoms. The molecular weight excluding hydrogens is 498 g/mol. The van der Waals surface area contributed by atoms with Crippen LogP contribution in [0, 0.1) is 0 Å². The van der Waals surface area contributed by atoms with E-state index < -0.39 is 61.3 Å². The van der Waals surface area contributed by atoms with Crippen molar-refractivity contribution in [1.29, 1.82) is 0 Å². The maximum absolute atomic E-state index is 13.4. The molecule has 0 rings (SSSR count). The summed E-state index contributed by atoms with van der Waals surface area (Å²) in [5.41, 5.74) is -0.842.